The summed E-state index contributed by atoms with van der Waals surface area (Å²) >= 11 is 0. The van der Waals surface area contributed by atoms with Gasteiger partial charge >= 0.3 is 0 Å². The van der Waals surface area contributed by atoms with Gasteiger partial charge in [0.25, 0.3) is 0 Å². The number of halogens is 1. The summed E-state index contributed by atoms with van der Waals surface area (Å²) < 4.78 is 13.1. The Hall–Kier alpha value is -2.11. The first-order valence-electron chi connectivity index (χ1n) is 5.44. The van der Waals surface area contributed by atoms with E-state index in [9.17, 15) is 4.39 Å². The molecule has 3 rings (SSSR count). The van der Waals surface area contributed by atoms with E-state index in [0.29, 0.717) is 5.84 Å². The number of aromatic nitrogens is 1. The lowest BCUT2D eigenvalue weighted by molar-refractivity contribution is 0.589. The van der Waals surface area contributed by atoms with Crippen molar-refractivity contribution in [2.45, 2.75) is 6.42 Å². The van der Waals surface area contributed by atoms with Crippen molar-refractivity contribution in [1.82, 2.24) is 10.3 Å². The van der Waals surface area contributed by atoms with Crippen LogP contribution in [0.3, 0.4) is 0 Å². The molecule has 0 saturated carbocycles. The number of aromatic amines is 1. The molecule has 0 atom stereocenters. The molecule has 0 aromatic carbocycles. The van der Waals surface area contributed by atoms with Crippen LogP contribution in [0.2, 0.25) is 0 Å². The molecule has 0 aliphatic carbocycles. The van der Waals surface area contributed by atoms with E-state index in [1.807, 2.05) is 6.20 Å². The number of hydrogen-bond donors (Lipinski definition) is 3. The molecule has 0 bridgehead atoms. The van der Waals surface area contributed by atoms with Gasteiger partial charge in [-0.25, -0.2) is 4.39 Å². The van der Waals surface area contributed by atoms with Crippen LogP contribution in [0.15, 0.2) is 27.8 Å². The van der Waals surface area contributed by atoms with E-state index in [1.165, 1.54) is 0 Å². The van der Waals surface area contributed by atoms with Gasteiger partial charge in [-0.05, 0) is 6.42 Å². The summed E-state index contributed by atoms with van der Waals surface area (Å²) in [4.78, 5) is 11.6. The average molecular weight is 233 g/mol. The van der Waals surface area contributed by atoms with Crippen LogP contribution < -0.4 is 21.8 Å². The summed E-state index contributed by atoms with van der Waals surface area (Å²) in [6, 6.07) is 0. The number of aliphatic imine (C=N–C) groups is 1. The van der Waals surface area contributed by atoms with Gasteiger partial charge in [0.05, 0.1) is 6.54 Å². The smallest absolute Gasteiger partial charge is 0.161 e. The Morgan fingerprint density at radius 3 is 3.06 bits per heavy atom. The fourth-order valence-electron chi connectivity index (χ4n) is 1.96. The van der Waals surface area contributed by atoms with E-state index in [0.717, 1.165) is 29.2 Å². The molecule has 1 aromatic rings. The molecule has 0 radical (unpaired) electrons. The number of amidine groups is 1. The highest BCUT2D eigenvalue weighted by molar-refractivity contribution is 6.00. The molecule has 5 nitrogen and oxygen atoms in total. The highest BCUT2D eigenvalue weighted by atomic mass is 19.1. The Morgan fingerprint density at radius 2 is 2.24 bits per heavy atom. The summed E-state index contributed by atoms with van der Waals surface area (Å²) in [6.07, 6.45) is 4.83. The molecule has 88 valence electrons. The third kappa shape index (κ3) is 1.61. The molecule has 4 N–H and O–H groups in total. The van der Waals surface area contributed by atoms with E-state index >= 15 is 0 Å². The Morgan fingerprint density at radius 1 is 1.35 bits per heavy atom. The molecule has 6 heteroatoms. The van der Waals surface area contributed by atoms with Crippen molar-refractivity contribution in [3.8, 4) is 0 Å². The second-order valence-electron chi connectivity index (χ2n) is 3.95. The zero-order chi connectivity index (χ0) is 11.8. The SMILES string of the molecule is NC1=C(F)CN=C(c2c[nH]c3c2=CCCN=3)N1. The maximum Gasteiger partial charge on any atom is 0.161 e. The van der Waals surface area contributed by atoms with E-state index in [4.69, 9.17) is 5.73 Å². The first-order chi connectivity index (χ1) is 8.25. The third-order valence-electron chi connectivity index (χ3n) is 2.82. The summed E-state index contributed by atoms with van der Waals surface area (Å²) in [5.74, 6) is 0.208. The number of hydrogen-bond acceptors (Lipinski definition) is 4. The number of nitrogens with one attached hydrogen (secondary N) is 2. The summed E-state index contributed by atoms with van der Waals surface area (Å²) in [6.45, 7) is 0.786. The fourth-order valence-corrected chi connectivity index (χ4v) is 1.96. The second kappa shape index (κ2) is 3.73. The standard InChI is InChI=1S/C11H12FN5/c12-8-5-16-11(17-9(8)13)7-4-15-10-6(7)2-1-3-14-10/h2,4H,1,3,5,13H2,(H,14,15)(H,16,17). The fraction of sp³-hybridized carbons (Fsp3) is 0.273. The van der Waals surface area contributed by atoms with Crippen LogP contribution in [0.1, 0.15) is 12.0 Å². The van der Waals surface area contributed by atoms with Crippen LogP contribution >= 0.6 is 0 Å². The van der Waals surface area contributed by atoms with Crippen molar-refractivity contribution in [3.05, 3.63) is 34.1 Å². The first-order valence-corrected chi connectivity index (χ1v) is 5.44. The Balaban J connectivity index is 2.06. The Kier molecular flexibility index (Phi) is 2.21. The van der Waals surface area contributed by atoms with Crippen molar-refractivity contribution in [2.24, 2.45) is 15.7 Å². The van der Waals surface area contributed by atoms with Crippen LogP contribution in [-0.4, -0.2) is 23.9 Å². The minimum absolute atomic E-state index is 0.00867. The van der Waals surface area contributed by atoms with E-state index in [1.54, 1.807) is 0 Å². The van der Waals surface area contributed by atoms with Crippen LogP contribution in [0.4, 0.5) is 4.39 Å². The summed E-state index contributed by atoms with van der Waals surface area (Å²) in [5, 5.41) is 3.78. The second-order valence-corrected chi connectivity index (χ2v) is 3.95. The topological polar surface area (TPSA) is 78.6 Å². The van der Waals surface area contributed by atoms with Gasteiger partial charge in [0.2, 0.25) is 0 Å². The predicted molar refractivity (Wildman–Crippen MR) is 62.4 cm³/mol. The van der Waals surface area contributed by atoms with E-state index in [2.05, 4.69) is 26.4 Å². The minimum atomic E-state index is -0.424. The van der Waals surface area contributed by atoms with Gasteiger partial charge < -0.3 is 16.0 Å². The lowest BCUT2D eigenvalue weighted by Crippen LogP contribution is -2.38. The lowest BCUT2D eigenvalue weighted by Gasteiger charge is -2.14. The molecule has 0 saturated heterocycles. The van der Waals surface area contributed by atoms with Gasteiger partial charge in [-0.15, -0.1) is 0 Å². The van der Waals surface area contributed by atoms with Gasteiger partial charge in [-0.1, -0.05) is 6.08 Å². The molecule has 2 aliphatic heterocycles. The molecule has 0 fully saturated rings. The molecule has 1 aromatic heterocycles. The van der Waals surface area contributed by atoms with Crippen LogP contribution in [0.25, 0.3) is 6.08 Å². The number of nitrogens with zero attached hydrogens (tertiary/aromatic N) is 2. The molecule has 0 unspecified atom stereocenters. The van der Waals surface area contributed by atoms with Crippen molar-refractivity contribution < 1.29 is 4.39 Å². The van der Waals surface area contributed by atoms with Gasteiger partial charge in [0.1, 0.15) is 17.1 Å². The molecule has 17 heavy (non-hydrogen) atoms. The Bertz CT molecular complexity index is 637. The maximum atomic E-state index is 13.1. The van der Waals surface area contributed by atoms with Gasteiger partial charge in [-0.3, -0.25) is 9.98 Å². The normalized spacial score (nSPS) is 18.8. The molecular weight excluding hydrogens is 221 g/mol. The number of fused-ring (bicyclic) bond motifs is 1. The molecule has 2 aliphatic rings. The highest BCUT2D eigenvalue weighted by Gasteiger charge is 2.16. The summed E-state index contributed by atoms with van der Waals surface area (Å²) in [5.41, 5.74) is 7.26. The van der Waals surface area contributed by atoms with Crippen molar-refractivity contribution in [1.29, 1.82) is 0 Å². The maximum absolute atomic E-state index is 13.1. The Labute approximate surface area is 96.7 Å². The van der Waals surface area contributed by atoms with Gasteiger partial charge in [-0.2, -0.15) is 0 Å². The highest BCUT2D eigenvalue weighted by Crippen LogP contribution is 2.07. The van der Waals surface area contributed by atoms with Crippen molar-refractivity contribution in [2.75, 3.05) is 13.1 Å². The predicted octanol–water partition coefficient (Wildman–Crippen LogP) is -0.734. The van der Waals surface area contributed by atoms with Crippen LogP contribution in [0.5, 0.6) is 0 Å². The molecule has 3 heterocycles. The van der Waals surface area contributed by atoms with Crippen LogP contribution in [-0.2, 0) is 0 Å². The minimum Gasteiger partial charge on any atom is -0.383 e. The van der Waals surface area contributed by atoms with E-state index in [-0.39, 0.29) is 12.4 Å². The van der Waals surface area contributed by atoms with Crippen molar-refractivity contribution >= 4 is 11.9 Å². The monoisotopic (exact) mass is 233 g/mol. The first kappa shape index (κ1) is 10.1. The quantitative estimate of drug-likeness (QED) is 0.597. The number of rotatable bonds is 1. The van der Waals surface area contributed by atoms with Gasteiger partial charge in [0.15, 0.2) is 5.83 Å². The lowest BCUT2D eigenvalue weighted by atomic mass is 10.2. The average Bonchev–Trinajstić information content (AvgIpc) is 2.76. The number of nitrogens with two attached hydrogens (primary N) is 1. The third-order valence-corrected chi connectivity index (χ3v) is 2.82. The molecule has 0 spiro atoms. The van der Waals surface area contributed by atoms with E-state index < -0.39 is 5.83 Å². The summed E-state index contributed by atoms with van der Waals surface area (Å²) in [7, 11) is 0. The molecule has 0 amide bonds. The van der Waals surface area contributed by atoms with Gasteiger partial charge in [0, 0.05) is 23.5 Å². The van der Waals surface area contributed by atoms with Crippen molar-refractivity contribution in [3.63, 3.8) is 0 Å². The van der Waals surface area contributed by atoms with Crippen LogP contribution in [0, 0.1) is 0 Å². The number of H-pyrrole nitrogens is 1. The zero-order valence-electron chi connectivity index (χ0n) is 9.13. The molecular formula is C11H12FN5. The largest absolute Gasteiger partial charge is 0.383 e. The zero-order valence-corrected chi connectivity index (χ0v) is 9.13.